The van der Waals surface area contributed by atoms with Gasteiger partial charge in [-0.3, -0.25) is 9.69 Å². The maximum Gasteiger partial charge on any atom is 0.238 e. The van der Waals surface area contributed by atoms with Gasteiger partial charge >= 0.3 is 0 Å². The Kier molecular flexibility index (Phi) is 4.21. The summed E-state index contributed by atoms with van der Waals surface area (Å²) in [5, 5.41) is 3.41. The lowest BCUT2D eigenvalue weighted by atomic mass is 9.62. The lowest BCUT2D eigenvalue weighted by Crippen LogP contribution is -2.64. The first kappa shape index (κ1) is 14.8. The summed E-state index contributed by atoms with van der Waals surface area (Å²) in [6.07, 6.45) is 4.19. The Labute approximate surface area is 117 Å². The molecule has 4 heteroatoms. The Balaban J connectivity index is 2.24. The van der Waals surface area contributed by atoms with Crippen molar-refractivity contribution in [1.29, 1.82) is 0 Å². The molecule has 1 saturated heterocycles. The summed E-state index contributed by atoms with van der Waals surface area (Å²) in [5.41, 5.74) is 5.78. The SMILES string of the molecule is CC1CC(C)(C)CCC1(C(N)=O)N1CCCNCC1. The highest BCUT2D eigenvalue weighted by Crippen LogP contribution is 2.46. The minimum absolute atomic E-state index is 0.114. The molecule has 0 radical (unpaired) electrons. The largest absolute Gasteiger partial charge is 0.368 e. The van der Waals surface area contributed by atoms with Crippen LogP contribution in [-0.2, 0) is 4.79 Å². The monoisotopic (exact) mass is 267 g/mol. The van der Waals surface area contributed by atoms with E-state index < -0.39 is 5.54 Å². The van der Waals surface area contributed by atoms with E-state index in [1.54, 1.807) is 0 Å². The van der Waals surface area contributed by atoms with Crippen molar-refractivity contribution in [2.75, 3.05) is 26.2 Å². The van der Waals surface area contributed by atoms with Gasteiger partial charge in [0.05, 0.1) is 0 Å². The number of carbonyl (C=O) groups excluding carboxylic acids is 1. The number of hydrogen-bond acceptors (Lipinski definition) is 3. The molecular weight excluding hydrogens is 238 g/mol. The second-order valence-electron chi connectivity index (χ2n) is 7.15. The van der Waals surface area contributed by atoms with Gasteiger partial charge in [-0.25, -0.2) is 0 Å². The zero-order valence-corrected chi connectivity index (χ0v) is 12.7. The summed E-state index contributed by atoms with van der Waals surface area (Å²) in [6, 6.07) is 0. The number of primary amides is 1. The number of nitrogens with two attached hydrogens (primary N) is 1. The number of carbonyl (C=O) groups is 1. The Morgan fingerprint density at radius 3 is 2.63 bits per heavy atom. The molecule has 0 bridgehead atoms. The van der Waals surface area contributed by atoms with E-state index in [2.05, 4.69) is 31.0 Å². The molecule has 0 aromatic rings. The van der Waals surface area contributed by atoms with Gasteiger partial charge in [0.2, 0.25) is 5.91 Å². The Morgan fingerprint density at radius 2 is 2.00 bits per heavy atom. The van der Waals surface area contributed by atoms with Crippen molar-refractivity contribution in [2.24, 2.45) is 17.1 Å². The van der Waals surface area contributed by atoms with Crippen LogP contribution in [0.1, 0.15) is 46.5 Å². The van der Waals surface area contributed by atoms with E-state index in [1.165, 1.54) is 0 Å². The standard InChI is InChI=1S/C15H29N3O/c1-12-11-14(2,3)5-6-15(12,13(16)19)18-9-4-7-17-8-10-18/h12,17H,4-11H2,1-3H3,(H2,16,19). The minimum Gasteiger partial charge on any atom is -0.368 e. The van der Waals surface area contributed by atoms with Crippen LogP contribution in [0.5, 0.6) is 0 Å². The molecule has 2 aliphatic rings. The van der Waals surface area contributed by atoms with Crippen LogP contribution < -0.4 is 11.1 Å². The predicted octanol–water partition coefficient (Wildman–Crippen LogP) is 1.35. The third-order valence-corrected chi connectivity index (χ3v) is 5.19. The van der Waals surface area contributed by atoms with Gasteiger partial charge in [-0.05, 0) is 43.6 Å². The van der Waals surface area contributed by atoms with Crippen molar-refractivity contribution < 1.29 is 4.79 Å². The maximum absolute atomic E-state index is 12.3. The fraction of sp³-hybridized carbons (Fsp3) is 0.933. The summed E-state index contributed by atoms with van der Waals surface area (Å²) < 4.78 is 0. The molecule has 2 rings (SSSR count). The minimum atomic E-state index is -0.415. The molecule has 2 unspecified atom stereocenters. The van der Waals surface area contributed by atoms with Crippen molar-refractivity contribution in [2.45, 2.75) is 52.0 Å². The number of hydrogen-bond donors (Lipinski definition) is 2. The van der Waals surface area contributed by atoms with E-state index in [0.29, 0.717) is 11.3 Å². The summed E-state index contributed by atoms with van der Waals surface area (Å²) >= 11 is 0. The highest BCUT2D eigenvalue weighted by Gasteiger charge is 2.51. The molecule has 0 aromatic carbocycles. The Bertz CT molecular complexity index is 334. The molecule has 19 heavy (non-hydrogen) atoms. The van der Waals surface area contributed by atoms with E-state index in [1.807, 2.05) is 0 Å². The molecule has 1 saturated carbocycles. The van der Waals surface area contributed by atoms with Crippen molar-refractivity contribution in [3.63, 3.8) is 0 Å². The quantitative estimate of drug-likeness (QED) is 0.794. The molecule has 1 amide bonds. The molecule has 1 heterocycles. The van der Waals surface area contributed by atoms with E-state index in [9.17, 15) is 4.79 Å². The van der Waals surface area contributed by atoms with Crippen LogP contribution >= 0.6 is 0 Å². The number of nitrogens with zero attached hydrogens (tertiary/aromatic N) is 1. The van der Waals surface area contributed by atoms with Gasteiger partial charge in [-0.15, -0.1) is 0 Å². The smallest absolute Gasteiger partial charge is 0.238 e. The molecule has 2 fully saturated rings. The third-order valence-electron chi connectivity index (χ3n) is 5.19. The van der Waals surface area contributed by atoms with Gasteiger partial charge < -0.3 is 11.1 Å². The summed E-state index contributed by atoms with van der Waals surface area (Å²) in [4.78, 5) is 14.6. The molecule has 0 spiro atoms. The normalized spacial score (nSPS) is 36.7. The van der Waals surface area contributed by atoms with E-state index in [4.69, 9.17) is 5.73 Å². The fourth-order valence-corrected chi connectivity index (χ4v) is 4.11. The van der Waals surface area contributed by atoms with Crippen LogP contribution in [0.2, 0.25) is 0 Å². The fourth-order valence-electron chi connectivity index (χ4n) is 4.11. The summed E-state index contributed by atoms with van der Waals surface area (Å²) in [6.45, 7) is 10.8. The summed E-state index contributed by atoms with van der Waals surface area (Å²) in [7, 11) is 0. The molecule has 0 aromatic heterocycles. The zero-order chi connectivity index (χ0) is 14.1. The first-order chi connectivity index (χ1) is 8.88. The topological polar surface area (TPSA) is 58.4 Å². The molecule has 3 N–H and O–H groups in total. The van der Waals surface area contributed by atoms with Gasteiger partial charge in [-0.1, -0.05) is 20.8 Å². The first-order valence-corrected chi connectivity index (χ1v) is 7.64. The van der Waals surface area contributed by atoms with Crippen LogP contribution in [0, 0.1) is 11.3 Å². The molecular formula is C15H29N3O. The van der Waals surface area contributed by atoms with Crippen LogP contribution in [0.4, 0.5) is 0 Å². The average molecular weight is 267 g/mol. The van der Waals surface area contributed by atoms with Gasteiger partial charge in [0.25, 0.3) is 0 Å². The Morgan fingerprint density at radius 1 is 1.26 bits per heavy atom. The number of nitrogens with one attached hydrogen (secondary N) is 1. The molecule has 4 nitrogen and oxygen atoms in total. The lowest BCUT2D eigenvalue weighted by Gasteiger charge is -2.52. The highest BCUT2D eigenvalue weighted by atomic mass is 16.1. The average Bonchev–Trinajstić information content (AvgIpc) is 2.57. The van der Waals surface area contributed by atoms with Gasteiger partial charge in [0.15, 0.2) is 0 Å². The number of amides is 1. The maximum atomic E-state index is 12.3. The predicted molar refractivity (Wildman–Crippen MR) is 77.8 cm³/mol. The molecule has 110 valence electrons. The van der Waals surface area contributed by atoms with Crippen LogP contribution in [0.25, 0.3) is 0 Å². The third kappa shape index (κ3) is 2.79. The first-order valence-electron chi connectivity index (χ1n) is 7.64. The highest BCUT2D eigenvalue weighted by molar-refractivity contribution is 5.85. The van der Waals surface area contributed by atoms with Crippen LogP contribution in [0.15, 0.2) is 0 Å². The van der Waals surface area contributed by atoms with Gasteiger partial charge in [0.1, 0.15) is 5.54 Å². The van der Waals surface area contributed by atoms with Crippen molar-refractivity contribution >= 4 is 5.91 Å². The van der Waals surface area contributed by atoms with Crippen molar-refractivity contribution in [3.05, 3.63) is 0 Å². The summed E-state index contributed by atoms with van der Waals surface area (Å²) in [5.74, 6) is 0.226. The van der Waals surface area contributed by atoms with Gasteiger partial charge in [0, 0.05) is 19.6 Å². The Hall–Kier alpha value is -0.610. The second kappa shape index (κ2) is 5.41. The van der Waals surface area contributed by atoms with Crippen molar-refractivity contribution in [1.82, 2.24) is 10.2 Å². The number of rotatable bonds is 2. The van der Waals surface area contributed by atoms with Crippen LogP contribution in [0.3, 0.4) is 0 Å². The van der Waals surface area contributed by atoms with Crippen LogP contribution in [-0.4, -0.2) is 42.5 Å². The lowest BCUT2D eigenvalue weighted by molar-refractivity contribution is -0.139. The van der Waals surface area contributed by atoms with Crippen molar-refractivity contribution in [3.8, 4) is 0 Å². The molecule has 1 aliphatic carbocycles. The zero-order valence-electron chi connectivity index (χ0n) is 12.7. The van der Waals surface area contributed by atoms with Gasteiger partial charge in [-0.2, -0.15) is 0 Å². The molecule has 2 atom stereocenters. The molecule has 1 aliphatic heterocycles. The van der Waals surface area contributed by atoms with E-state index in [0.717, 1.165) is 51.9 Å². The van der Waals surface area contributed by atoms with E-state index in [-0.39, 0.29) is 5.91 Å². The van der Waals surface area contributed by atoms with E-state index >= 15 is 0 Å². The second-order valence-corrected chi connectivity index (χ2v) is 7.15.